The second kappa shape index (κ2) is 7.33. The van der Waals surface area contributed by atoms with Crippen LogP contribution in [0.1, 0.15) is 16.7 Å². The summed E-state index contributed by atoms with van der Waals surface area (Å²) in [6.45, 7) is 4.71. The Balaban J connectivity index is 1.93. The summed E-state index contributed by atoms with van der Waals surface area (Å²) in [4.78, 5) is 15.2. The van der Waals surface area contributed by atoms with Gasteiger partial charge in [0.2, 0.25) is 5.91 Å². The Bertz CT molecular complexity index is 684. The van der Waals surface area contributed by atoms with Crippen LogP contribution in [0.2, 0.25) is 0 Å². The summed E-state index contributed by atoms with van der Waals surface area (Å²) in [7, 11) is 3.70. The standard InChI is InChI=1S/C16H20BrN3OS/c1-11-6-15(12(2)5-14(11)17)22-10-16(21)19(3)8-13-7-18-20(4)9-13/h5-7,9H,8,10H2,1-4H3. The van der Waals surface area contributed by atoms with E-state index in [-0.39, 0.29) is 5.91 Å². The zero-order valence-electron chi connectivity index (χ0n) is 13.3. The smallest absolute Gasteiger partial charge is 0.232 e. The molecule has 0 aliphatic carbocycles. The van der Waals surface area contributed by atoms with Crippen LogP contribution in [0.4, 0.5) is 0 Å². The molecule has 6 heteroatoms. The van der Waals surface area contributed by atoms with E-state index < -0.39 is 0 Å². The fourth-order valence-corrected chi connectivity index (χ4v) is 3.58. The van der Waals surface area contributed by atoms with Gasteiger partial charge in [-0.25, -0.2) is 0 Å². The Hall–Kier alpha value is -1.27. The number of thioether (sulfide) groups is 1. The molecule has 4 nitrogen and oxygen atoms in total. The predicted molar refractivity (Wildman–Crippen MR) is 94.0 cm³/mol. The summed E-state index contributed by atoms with van der Waals surface area (Å²) in [6, 6.07) is 4.22. The van der Waals surface area contributed by atoms with Crippen LogP contribution in [0.25, 0.3) is 0 Å². The number of hydrogen-bond acceptors (Lipinski definition) is 3. The van der Waals surface area contributed by atoms with Crippen molar-refractivity contribution in [3.05, 3.63) is 45.7 Å². The van der Waals surface area contributed by atoms with Crippen molar-refractivity contribution in [3.8, 4) is 0 Å². The van der Waals surface area contributed by atoms with E-state index in [1.807, 2.05) is 20.3 Å². The lowest BCUT2D eigenvalue weighted by molar-refractivity contribution is -0.127. The SMILES string of the molecule is Cc1cc(SCC(=O)N(C)Cc2cnn(C)c2)c(C)cc1Br. The van der Waals surface area contributed by atoms with E-state index in [9.17, 15) is 4.79 Å². The molecule has 0 spiro atoms. The van der Waals surface area contributed by atoms with Crippen LogP contribution in [0, 0.1) is 13.8 Å². The Morgan fingerprint density at radius 1 is 1.36 bits per heavy atom. The summed E-state index contributed by atoms with van der Waals surface area (Å²) in [5.41, 5.74) is 3.41. The van der Waals surface area contributed by atoms with Crippen LogP contribution >= 0.6 is 27.7 Å². The van der Waals surface area contributed by atoms with Crippen molar-refractivity contribution in [1.29, 1.82) is 0 Å². The van der Waals surface area contributed by atoms with Gasteiger partial charge < -0.3 is 4.90 Å². The van der Waals surface area contributed by atoms with E-state index in [1.165, 1.54) is 11.1 Å². The first-order valence-electron chi connectivity index (χ1n) is 6.98. The maximum atomic E-state index is 12.3. The van der Waals surface area contributed by atoms with E-state index in [1.54, 1.807) is 27.5 Å². The number of carbonyl (C=O) groups is 1. The highest BCUT2D eigenvalue weighted by atomic mass is 79.9. The summed E-state index contributed by atoms with van der Waals surface area (Å²) < 4.78 is 2.85. The van der Waals surface area contributed by atoms with Gasteiger partial charge in [0, 0.05) is 41.8 Å². The van der Waals surface area contributed by atoms with Crippen LogP contribution in [-0.2, 0) is 18.4 Å². The largest absolute Gasteiger partial charge is 0.341 e. The first kappa shape index (κ1) is 17.1. The summed E-state index contributed by atoms with van der Waals surface area (Å²) in [5, 5.41) is 4.12. The lowest BCUT2D eigenvalue weighted by Crippen LogP contribution is -2.27. The van der Waals surface area contributed by atoms with Gasteiger partial charge in [-0.3, -0.25) is 9.48 Å². The summed E-state index contributed by atoms with van der Waals surface area (Å²) in [6.07, 6.45) is 3.72. The molecule has 0 saturated carbocycles. The van der Waals surface area contributed by atoms with Gasteiger partial charge in [0.05, 0.1) is 11.9 Å². The molecule has 0 aliphatic heterocycles. The molecule has 1 aromatic carbocycles. The summed E-state index contributed by atoms with van der Waals surface area (Å²) in [5.74, 6) is 0.562. The Morgan fingerprint density at radius 2 is 2.09 bits per heavy atom. The van der Waals surface area contributed by atoms with Crippen LogP contribution in [-0.4, -0.2) is 33.4 Å². The van der Waals surface area contributed by atoms with Crippen LogP contribution in [0.3, 0.4) is 0 Å². The average molecular weight is 382 g/mol. The normalized spacial score (nSPS) is 10.8. The molecule has 2 aromatic rings. The number of benzene rings is 1. The number of aryl methyl sites for hydroxylation is 3. The molecule has 1 amide bonds. The Kier molecular flexibility index (Phi) is 5.69. The highest BCUT2D eigenvalue weighted by molar-refractivity contribution is 9.10. The van der Waals surface area contributed by atoms with E-state index in [0.717, 1.165) is 14.9 Å². The third-order valence-electron chi connectivity index (χ3n) is 3.41. The maximum absolute atomic E-state index is 12.3. The van der Waals surface area contributed by atoms with Gasteiger partial charge in [-0.05, 0) is 37.1 Å². The molecule has 1 aromatic heterocycles. The minimum absolute atomic E-state index is 0.119. The molecule has 0 fully saturated rings. The zero-order chi connectivity index (χ0) is 16.3. The molecule has 0 saturated heterocycles. The van der Waals surface area contributed by atoms with Gasteiger partial charge in [0.15, 0.2) is 0 Å². The molecule has 0 unspecified atom stereocenters. The van der Waals surface area contributed by atoms with Crippen molar-refractivity contribution in [2.75, 3.05) is 12.8 Å². The van der Waals surface area contributed by atoms with Gasteiger partial charge in [-0.15, -0.1) is 11.8 Å². The molecule has 118 valence electrons. The number of nitrogens with zero attached hydrogens (tertiary/aromatic N) is 3. The van der Waals surface area contributed by atoms with Crippen LogP contribution < -0.4 is 0 Å². The fraction of sp³-hybridized carbons (Fsp3) is 0.375. The minimum atomic E-state index is 0.119. The molecule has 22 heavy (non-hydrogen) atoms. The van der Waals surface area contributed by atoms with Crippen LogP contribution in [0.5, 0.6) is 0 Å². The van der Waals surface area contributed by atoms with Gasteiger partial charge in [0.25, 0.3) is 0 Å². The molecule has 0 N–H and O–H groups in total. The number of amides is 1. The van der Waals surface area contributed by atoms with Crippen molar-refractivity contribution in [3.63, 3.8) is 0 Å². The molecule has 0 bridgehead atoms. The number of halogens is 1. The monoisotopic (exact) mass is 381 g/mol. The molecular formula is C16H20BrN3OS. The minimum Gasteiger partial charge on any atom is -0.341 e. The zero-order valence-corrected chi connectivity index (χ0v) is 15.7. The van der Waals surface area contributed by atoms with Gasteiger partial charge in [-0.1, -0.05) is 15.9 Å². The second-order valence-corrected chi connectivity index (χ2v) is 7.30. The first-order valence-corrected chi connectivity index (χ1v) is 8.75. The van der Waals surface area contributed by atoms with Gasteiger partial charge in [-0.2, -0.15) is 5.10 Å². The van der Waals surface area contributed by atoms with Crippen molar-refractivity contribution >= 4 is 33.6 Å². The van der Waals surface area contributed by atoms with Gasteiger partial charge in [0.1, 0.15) is 0 Å². The number of aromatic nitrogens is 2. The third kappa shape index (κ3) is 4.36. The summed E-state index contributed by atoms with van der Waals surface area (Å²) >= 11 is 5.12. The van der Waals surface area contributed by atoms with Crippen molar-refractivity contribution in [2.45, 2.75) is 25.3 Å². The highest BCUT2D eigenvalue weighted by Crippen LogP contribution is 2.28. The maximum Gasteiger partial charge on any atom is 0.232 e. The molecule has 1 heterocycles. The predicted octanol–water partition coefficient (Wildman–Crippen LogP) is 3.55. The fourth-order valence-electron chi connectivity index (χ4n) is 2.08. The van der Waals surface area contributed by atoms with E-state index in [0.29, 0.717) is 12.3 Å². The third-order valence-corrected chi connectivity index (χ3v) is 5.41. The lowest BCUT2D eigenvalue weighted by atomic mass is 10.2. The Morgan fingerprint density at radius 3 is 2.73 bits per heavy atom. The quantitative estimate of drug-likeness (QED) is 0.743. The molecule has 0 atom stereocenters. The van der Waals surface area contributed by atoms with Gasteiger partial charge >= 0.3 is 0 Å². The lowest BCUT2D eigenvalue weighted by Gasteiger charge is -2.16. The van der Waals surface area contributed by atoms with Crippen molar-refractivity contribution < 1.29 is 4.79 Å². The first-order chi connectivity index (χ1) is 10.4. The molecule has 2 rings (SSSR count). The average Bonchev–Trinajstić information content (AvgIpc) is 2.86. The number of rotatable bonds is 5. The Labute approximate surface area is 144 Å². The van der Waals surface area contributed by atoms with Crippen LogP contribution in [0.15, 0.2) is 33.9 Å². The van der Waals surface area contributed by atoms with E-state index in [4.69, 9.17) is 0 Å². The number of carbonyl (C=O) groups excluding carboxylic acids is 1. The molecular weight excluding hydrogens is 362 g/mol. The van der Waals surface area contributed by atoms with E-state index in [2.05, 4.69) is 47.0 Å². The second-order valence-electron chi connectivity index (χ2n) is 5.43. The number of hydrogen-bond donors (Lipinski definition) is 0. The highest BCUT2D eigenvalue weighted by Gasteiger charge is 2.12. The van der Waals surface area contributed by atoms with Crippen molar-refractivity contribution in [2.24, 2.45) is 7.05 Å². The molecule has 0 radical (unpaired) electrons. The van der Waals surface area contributed by atoms with E-state index >= 15 is 0 Å². The topological polar surface area (TPSA) is 38.1 Å². The van der Waals surface area contributed by atoms with Crippen molar-refractivity contribution in [1.82, 2.24) is 14.7 Å². The molecule has 0 aliphatic rings.